The van der Waals surface area contributed by atoms with Gasteiger partial charge in [0.1, 0.15) is 18.6 Å². The largest absolute Gasteiger partial charge is 0.496 e. The molecule has 8 nitrogen and oxygen atoms in total. The van der Waals surface area contributed by atoms with E-state index >= 15 is 0 Å². The van der Waals surface area contributed by atoms with Crippen LogP contribution in [0.15, 0.2) is 39.9 Å². The number of methoxy groups -OCH3 is 1. The lowest BCUT2D eigenvalue weighted by molar-refractivity contribution is 0.363. The van der Waals surface area contributed by atoms with Gasteiger partial charge in [-0.25, -0.2) is 9.48 Å². The number of aryl methyl sites for hydroxylation is 1. The quantitative estimate of drug-likeness (QED) is 0.701. The summed E-state index contributed by atoms with van der Waals surface area (Å²) >= 11 is 0. The average molecular weight is 287 g/mol. The molecule has 0 saturated carbocycles. The van der Waals surface area contributed by atoms with Gasteiger partial charge in [-0.1, -0.05) is 17.3 Å². The highest BCUT2D eigenvalue weighted by Crippen LogP contribution is 2.26. The molecule has 0 N–H and O–H groups in total. The predicted octanol–water partition coefficient (Wildman–Crippen LogP) is 0.689. The van der Waals surface area contributed by atoms with Gasteiger partial charge in [0.25, 0.3) is 0 Å². The van der Waals surface area contributed by atoms with Crippen LogP contribution in [-0.4, -0.2) is 31.6 Å². The lowest BCUT2D eigenvalue weighted by Gasteiger charge is -2.02. The van der Waals surface area contributed by atoms with Gasteiger partial charge in [-0.3, -0.25) is 4.57 Å². The summed E-state index contributed by atoms with van der Waals surface area (Å²) < 4.78 is 13.0. The van der Waals surface area contributed by atoms with Gasteiger partial charge < -0.3 is 9.26 Å². The van der Waals surface area contributed by atoms with Crippen LogP contribution in [0.25, 0.3) is 11.4 Å². The summed E-state index contributed by atoms with van der Waals surface area (Å²) in [6.07, 6.45) is 1.43. The highest BCUT2D eigenvalue weighted by Gasteiger charge is 2.14. The van der Waals surface area contributed by atoms with Gasteiger partial charge in [0.05, 0.1) is 12.7 Å². The SMILES string of the molecule is COc1ccccc1-c1noc(Cn2ncn(C)c2=O)n1. The molecule has 3 rings (SSSR count). The third-order valence-electron chi connectivity index (χ3n) is 2.99. The molecule has 0 radical (unpaired) electrons. The summed E-state index contributed by atoms with van der Waals surface area (Å²) in [5, 5.41) is 7.85. The molecule has 8 heteroatoms. The predicted molar refractivity (Wildman–Crippen MR) is 72.9 cm³/mol. The van der Waals surface area contributed by atoms with Crippen molar-refractivity contribution in [3.8, 4) is 17.1 Å². The van der Waals surface area contributed by atoms with Crippen LogP contribution in [-0.2, 0) is 13.6 Å². The van der Waals surface area contributed by atoms with Crippen molar-refractivity contribution in [3.05, 3.63) is 47.0 Å². The van der Waals surface area contributed by atoms with Crippen LogP contribution < -0.4 is 10.4 Å². The van der Waals surface area contributed by atoms with Crippen LogP contribution in [0.2, 0.25) is 0 Å². The van der Waals surface area contributed by atoms with Crippen LogP contribution in [0.3, 0.4) is 0 Å². The molecule has 2 aromatic heterocycles. The van der Waals surface area contributed by atoms with Crippen molar-refractivity contribution >= 4 is 0 Å². The van der Waals surface area contributed by atoms with Crippen molar-refractivity contribution in [1.29, 1.82) is 0 Å². The van der Waals surface area contributed by atoms with Crippen molar-refractivity contribution in [2.45, 2.75) is 6.54 Å². The van der Waals surface area contributed by atoms with Gasteiger partial charge in [-0.05, 0) is 12.1 Å². The lowest BCUT2D eigenvalue weighted by Crippen LogP contribution is -2.23. The summed E-state index contributed by atoms with van der Waals surface area (Å²) in [5.74, 6) is 1.36. The Kier molecular flexibility index (Phi) is 3.27. The number of ether oxygens (including phenoxy) is 1. The van der Waals surface area contributed by atoms with Crippen LogP contribution in [0.4, 0.5) is 0 Å². The highest BCUT2D eigenvalue weighted by molar-refractivity contribution is 5.63. The third-order valence-corrected chi connectivity index (χ3v) is 2.99. The number of aromatic nitrogens is 5. The van der Waals surface area contributed by atoms with Crippen molar-refractivity contribution in [2.24, 2.45) is 7.05 Å². The van der Waals surface area contributed by atoms with Crippen LogP contribution in [0, 0.1) is 0 Å². The van der Waals surface area contributed by atoms with E-state index in [1.54, 1.807) is 14.2 Å². The number of hydrogen-bond donors (Lipinski definition) is 0. The van der Waals surface area contributed by atoms with Gasteiger partial charge >= 0.3 is 5.69 Å². The van der Waals surface area contributed by atoms with E-state index in [2.05, 4.69) is 15.2 Å². The summed E-state index contributed by atoms with van der Waals surface area (Å²) in [5.41, 5.74) is 0.482. The zero-order valence-corrected chi connectivity index (χ0v) is 11.6. The fourth-order valence-electron chi connectivity index (χ4n) is 1.92. The maximum absolute atomic E-state index is 11.7. The molecule has 108 valence electrons. The van der Waals surface area contributed by atoms with Crippen LogP contribution in [0.1, 0.15) is 5.89 Å². The van der Waals surface area contributed by atoms with E-state index in [0.29, 0.717) is 17.5 Å². The van der Waals surface area contributed by atoms with Crippen LogP contribution in [0.5, 0.6) is 5.75 Å². The molecule has 0 aliphatic heterocycles. The van der Waals surface area contributed by atoms with E-state index in [4.69, 9.17) is 9.26 Å². The van der Waals surface area contributed by atoms with E-state index in [9.17, 15) is 4.79 Å². The Bertz CT molecular complexity index is 817. The number of para-hydroxylation sites is 1. The monoisotopic (exact) mass is 287 g/mol. The minimum Gasteiger partial charge on any atom is -0.496 e. The number of nitrogens with zero attached hydrogens (tertiary/aromatic N) is 5. The average Bonchev–Trinajstić information content (AvgIpc) is 3.09. The van der Waals surface area contributed by atoms with Crippen LogP contribution >= 0.6 is 0 Å². The van der Waals surface area contributed by atoms with Crippen molar-refractivity contribution in [2.75, 3.05) is 7.11 Å². The standard InChI is InChI=1S/C13H13N5O3/c1-17-8-14-18(13(17)19)7-11-15-12(16-21-11)9-5-3-4-6-10(9)20-2/h3-6,8H,7H2,1-2H3. The van der Waals surface area contributed by atoms with Gasteiger partial charge in [-0.2, -0.15) is 10.1 Å². The maximum atomic E-state index is 11.7. The molecule has 1 aromatic carbocycles. The molecular weight excluding hydrogens is 274 g/mol. The molecular formula is C13H13N5O3. The van der Waals surface area contributed by atoms with E-state index in [1.165, 1.54) is 15.6 Å². The van der Waals surface area contributed by atoms with Gasteiger partial charge in [0, 0.05) is 7.05 Å². The zero-order chi connectivity index (χ0) is 14.8. The minimum absolute atomic E-state index is 0.127. The Labute approximate surface area is 119 Å². The molecule has 0 amide bonds. The highest BCUT2D eigenvalue weighted by atomic mass is 16.5. The van der Waals surface area contributed by atoms with Gasteiger partial charge in [-0.15, -0.1) is 0 Å². The van der Waals surface area contributed by atoms with Crippen molar-refractivity contribution in [3.63, 3.8) is 0 Å². The first kappa shape index (κ1) is 13.1. The molecule has 21 heavy (non-hydrogen) atoms. The maximum Gasteiger partial charge on any atom is 0.345 e. The third kappa shape index (κ3) is 2.42. The summed E-state index contributed by atoms with van der Waals surface area (Å²) in [6, 6.07) is 7.36. The fourth-order valence-corrected chi connectivity index (χ4v) is 1.92. The van der Waals surface area contributed by atoms with Gasteiger partial charge in [0.15, 0.2) is 0 Å². The topological polar surface area (TPSA) is 88.0 Å². The smallest absolute Gasteiger partial charge is 0.345 e. The molecule has 0 atom stereocenters. The number of rotatable bonds is 4. The fraction of sp³-hybridized carbons (Fsp3) is 0.231. The van der Waals surface area contributed by atoms with E-state index in [1.807, 2.05) is 24.3 Å². The molecule has 0 fully saturated rings. The second kappa shape index (κ2) is 5.23. The van der Waals surface area contributed by atoms with Crippen molar-refractivity contribution < 1.29 is 9.26 Å². The lowest BCUT2D eigenvalue weighted by atomic mass is 10.2. The minimum atomic E-state index is -0.243. The molecule has 0 unspecified atom stereocenters. The summed E-state index contributed by atoms with van der Waals surface area (Å²) in [7, 11) is 3.20. The molecule has 0 aliphatic rings. The Balaban J connectivity index is 1.90. The molecule has 2 heterocycles. The Morgan fingerprint density at radius 2 is 2.14 bits per heavy atom. The van der Waals surface area contributed by atoms with E-state index in [0.717, 1.165) is 5.56 Å². The molecule has 0 aliphatic carbocycles. The van der Waals surface area contributed by atoms with Gasteiger partial charge in [0.2, 0.25) is 11.7 Å². The Morgan fingerprint density at radius 3 is 2.86 bits per heavy atom. The normalized spacial score (nSPS) is 10.8. The summed E-state index contributed by atoms with van der Waals surface area (Å²) in [4.78, 5) is 16.0. The van der Waals surface area contributed by atoms with E-state index in [-0.39, 0.29) is 12.2 Å². The molecule has 0 spiro atoms. The zero-order valence-electron chi connectivity index (χ0n) is 11.6. The second-order valence-corrected chi connectivity index (χ2v) is 4.39. The second-order valence-electron chi connectivity index (χ2n) is 4.39. The molecule has 0 saturated heterocycles. The Morgan fingerprint density at radius 1 is 1.33 bits per heavy atom. The van der Waals surface area contributed by atoms with E-state index < -0.39 is 0 Å². The number of benzene rings is 1. The first-order chi connectivity index (χ1) is 10.2. The first-order valence-corrected chi connectivity index (χ1v) is 6.23. The number of hydrogen-bond acceptors (Lipinski definition) is 6. The first-order valence-electron chi connectivity index (χ1n) is 6.23. The molecule has 3 aromatic rings. The Hall–Kier alpha value is -2.90. The molecule has 0 bridgehead atoms. The summed E-state index contributed by atoms with van der Waals surface area (Å²) in [6.45, 7) is 0.127. The van der Waals surface area contributed by atoms with Crippen molar-refractivity contribution in [1.82, 2.24) is 24.5 Å².